The van der Waals surface area contributed by atoms with Crippen molar-refractivity contribution < 1.29 is 13.2 Å². The molecule has 0 aromatic carbocycles. The van der Waals surface area contributed by atoms with Gasteiger partial charge in [-0.25, -0.2) is 0 Å². The van der Waals surface area contributed by atoms with E-state index in [1.807, 2.05) is 19.2 Å². The van der Waals surface area contributed by atoms with E-state index in [0.29, 0.717) is 6.54 Å². The van der Waals surface area contributed by atoms with Crippen molar-refractivity contribution in [2.75, 3.05) is 20.6 Å². The number of alkyl halides is 3. The molecule has 1 N–H and O–H groups in total. The zero-order chi connectivity index (χ0) is 13.6. The molecule has 0 aliphatic rings. The molecule has 0 bridgehead atoms. The fraction of sp³-hybridized carbons (Fsp3) is 0.583. The highest BCUT2D eigenvalue weighted by molar-refractivity contribution is 5.13. The second kappa shape index (κ2) is 6.70. The summed E-state index contributed by atoms with van der Waals surface area (Å²) in [6.45, 7) is 1.15. The highest BCUT2D eigenvalue weighted by Gasteiger charge is 2.27. The molecule has 3 nitrogen and oxygen atoms in total. The minimum absolute atomic E-state index is 0.0105. The van der Waals surface area contributed by atoms with Crippen LogP contribution in [-0.4, -0.2) is 36.7 Å². The van der Waals surface area contributed by atoms with Gasteiger partial charge in [0.05, 0.1) is 12.1 Å². The average molecular weight is 261 g/mol. The summed E-state index contributed by atoms with van der Waals surface area (Å²) in [6, 6.07) is 3.77. The van der Waals surface area contributed by atoms with Crippen LogP contribution in [0.1, 0.15) is 17.7 Å². The molecule has 0 unspecified atom stereocenters. The van der Waals surface area contributed by atoms with Crippen LogP contribution < -0.4 is 5.32 Å². The van der Waals surface area contributed by atoms with Gasteiger partial charge in [-0.3, -0.25) is 4.98 Å². The molecule has 0 atom stereocenters. The summed E-state index contributed by atoms with van der Waals surface area (Å²) in [5.74, 6) is 0. The van der Waals surface area contributed by atoms with Crippen molar-refractivity contribution in [3.8, 4) is 0 Å². The first-order valence-corrected chi connectivity index (χ1v) is 5.74. The van der Waals surface area contributed by atoms with E-state index in [-0.39, 0.29) is 6.54 Å². The average Bonchev–Trinajstić information content (AvgIpc) is 2.29. The molecule has 18 heavy (non-hydrogen) atoms. The van der Waals surface area contributed by atoms with Crippen LogP contribution in [0.5, 0.6) is 0 Å². The number of nitrogens with one attached hydrogen (secondary N) is 1. The molecule has 0 radical (unpaired) electrons. The topological polar surface area (TPSA) is 28.2 Å². The van der Waals surface area contributed by atoms with Crippen LogP contribution >= 0.6 is 0 Å². The van der Waals surface area contributed by atoms with E-state index in [4.69, 9.17) is 0 Å². The van der Waals surface area contributed by atoms with Crippen LogP contribution in [0.15, 0.2) is 18.3 Å². The molecule has 1 rings (SSSR count). The Morgan fingerprint density at radius 1 is 1.33 bits per heavy atom. The summed E-state index contributed by atoms with van der Waals surface area (Å²) in [7, 11) is 3.51. The van der Waals surface area contributed by atoms with Crippen molar-refractivity contribution >= 4 is 0 Å². The van der Waals surface area contributed by atoms with Gasteiger partial charge in [0.1, 0.15) is 0 Å². The third kappa shape index (κ3) is 5.97. The molecule has 0 aliphatic heterocycles. The van der Waals surface area contributed by atoms with Crippen molar-refractivity contribution in [3.05, 3.63) is 29.6 Å². The number of nitrogens with zero attached hydrogens (tertiary/aromatic N) is 2. The largest absolute Gasteiger partial charge is 0.390 e. The lowest BCUT2D eigenvalue weighted by Gasteiger charge is -2.17. The Balaban J connectivity index is 2.41. The van der Waals surface area contributed by atoms with E-state index in [0.717, 1.165) is 17.8 Å². The SMILES string of the molecule is CNCc1ccc(CN(C)CCC(F)(F)F)nc1. The third-order valence-electron chi connectivity index (χ3n) is 2.48. The normalized spacial score (nSPS) is 12.1. The Morgan fingerprint density at radius 2 is 2.06 bits per heavy atom. The van der Waals surface area contributed by atoms with Crippen LogP contribution in [0.25, 0.3) is 0 Å². The van der Waals surface area contributed by atoms with Gasteiger partial charge in [0, 0.05) is 25.8 Å². The Morgan fingerprint density at radius 3 is 2.56 bits per heavy atom. The molecular weight excluding hydrogens is 243 g/mol. The van der Waals surface area contributed by atoms with Crippen molar-refractivity contribution in [1.82, 2.24) is 15.2 Å². The molecule has 0 fully saturated rings. The maximum atomic E-state index is 12.0. The molecule has 0 spiro atoms. The Bertz CT molecular complexity index is 349. The van der Waals surface area contributed by atoms with Gasteiger partial charge in [0.2, 0.25) is 0 Å². The Kier molecular flexibility index (Phi) is 5.55. The highest BCUT2D eigenvalue weighted by atomic mass is 19.4. The third-order valence-corrected chi connectivity index (χ3v) is 2.48. The smallest absolute Gasteiger partial charge is 0.316 e. The molecule has 1 aromatic rings. The minimum Gasteiger partial charge on any atom is -0.316 e. The summed E-state index contributed by atoms with van der Waals surface area (Å²) in [5.41, 5.74) is 1.83. The zero-order valence-electron chi connectivity index (χ0n) is 10.6. The summed E-state index contributed by atoms with van der Waals surface area (Å²) in [5, 5.41) is 3.01. The fourth-order valence-electron chi connectivity index (χ4n) is 1.53. The van der Waals surface area contributed by atoms with Gasteiger partial charge in [0.15, 0.2) is 0 Å². The molecule has 0 saturated carbocycles. The van der Waals surface area contributed by atoms with Gasteiger partial charge in [-0.05, 0) is 25.7 Å². The van der Waals surface area contributed by atoms with Gasteiger partial charge in [-0.15, -0.1) is 0 Å². The number of aromatic nitrogens is 1. The summed E-state index contributed by atoms with van der Waals surface area (Å²) in [4.78, 5) is 5.84. The lowest BCUT2D eigenvalue weighted by molar-refractivity contribution is -0.137. The number of pyridine rings is 1. The lowest BCUT2D eigenvalue weighted by atomic mass is 10.2. The van der Waals surface area contributed by atoms with E-state index in [1.54, 1.807) is 18.1 Å². The van der Waals surface area contributed by atoms with Gasteiger partial charge in [-0.2, -0.15) is 13.2 Å². The van der Waals surface area contributed by atoms with Crippen LogP contribution in [-0.2, 0) is 13.1 Å². The van der Waals surface area contributed by atoms with Gasteiger partial charge in [0.25, 0.3) is 0 Å². The molecular formula is C12H18F3N3. The second-order valence-corrected chi connectivity index (χ2v) is 4.29. The molecule has 102 valence electrons. The van der Waals surface area contributed by atoms with E-state index >= 15 is 0 Å². The molecule has 0 amide bonds. The minimum atomic E-state index is -4.10. The number of hydrogen-bond donors (Lipinski definition) is 1. The molecule has 1 aromatic heterocycles. The second-order valence-electron chi connectivity index (χ2n) is 4.29. The highest BCUT2D eigenvalue weighted by Crippen LogP contribution is 2.19. The first kappa shape index (κ1) is 14.9. The maximum absolute atomic E-state index is 12.0. The first-order chi connectivity index (χ1) is 8.40. The van der Waals surface area contributed by atoms with Gasteiger partial charge >= 0.3 is 6.18 Å². The predicted octanol–water partition coefficient (Wildman–Crippen LogP) is 2.19. The molecule has 1 heterocycles. The van der Waals surface area contributed by atoms with Crippen LogP contribution in [0.4, 0.5) is 13.2 Å². The fourth-order valence-corrected chi connectivity index (χ4v) is 1.53. The summed E-state index contributed by atoms with van der Waals surface area (Å²) < 4.78 is 36.1. The number of halogens is 3. The van der Waals surface area contributed by atoms with Crippen LogP contribution in [0.2, 0.25) is 0 Å². The van der Waals surface area contributed by atoms with Crippen molar-refractivity contribution in [1.29, 1.82) is 0 Å². The first-order valence-electron chi connectivity index (χ1n) is 5.74. The summed E-state index contributed by atoms with van der Waals surface area (Å²) >= 11 is 0. The van der Waals surface area contributed by atoms with Crippen molar-refractivity contribution in [2.45, 2.75) is 25.7 Å². The van der Waals surface area contributed by atoms with E-state index < -0.39 is 12.6 Å². The quantitative estimate of drug-likeness (QED) is 0.850. The molecule has 0 aliphatic carbocycles. The number of hydrogen-bond acceptors (Lipinski definition) is 3. The van der Waals surface area contributed by atoms with E-state index in [1.165, 1.54) is 0 Å². The molecule has 0 saturated heterocycles. The van der Waals surface area contributed by atoms with Crippen molar-refractivity contribution in [3.63, 3.8) is 0 Å². The lowest BCUT2D eigenvalue weighted by Crippen LogP contribution is -2.24. The molecule has 6 heteroatoms. The summed E-state index contributed by atoms with van der Waals surface area (Å²) in [6.07, 6.45) is -3.15. The predicted molar refractivity (Wildman–Crippen MR) is 64.0 cm³/mol. The Hall–Kier alpha value is -1.14. The Labute approximate surface area is 105 Å². The van der Waals surface area contributed by atoms with Crippen molar-refractivity contribution in [2.24, 2.45) is 0 Å². The number of rotatable bonds is 6. The van der Waals surface area contributed by atoms with Gasteiger partial charge < -0.3 is 10.2 Å². The maximum Gasteiger partial charge on any atom is 0.390 e. The van der Waals surface area contributed by atoms with E-state index in [9.17, 15) is 13.2 Å². The standard InChI is InChI=1S/C12H18F3N3/c1-16-7-10-3-4-11(17-8-10)9-18(2)6-5-12(13,14)15/h3-4,8,16H,5-7,9H2,1-2H3. The zero-order valence-corrected chi connectivity index (χ0v) is 10.6. The van der Waals surface area contributed by atoms with Crippen LogP contribution in [0.3, 0.4) is 0 Å². The monoisotopic (exact) mass is 261 g/mol. The van der Waals surface area contributed by atoms with E-state index in [2.05, 4.69) is 10.3 Å². The van der Waals surface area contributed by atoms with Crippen LogP contribution in [0, 0.1) is 0 Å². The van der Waals surface area contributed by atoms with Gasteiger partial charge in [-0.1, -0.05) is 6.07 Å².